The van der Waals surface area contributed by atoms with Crippen LogP contribution in [-0.4, -0.2) is 70.8 Å². The largest absolute Gasteiger partial charge is 0.446 e. The first-order valence-electron chi connectivity index (χ1n) is 19.6. The molecule has 2 fully saturated rings. The Bertz CT molecular complexity index is 1850. The number of nitrogens with zero attached hydrogens (tertiary/aromatic N) is 2. The first-order valence-corrected chi connectivity index (χ1v) is 20.0. The molecule has 1 saturated carbocycles. The van der Waals surface area contributed by atoms with Crippen molar-refractivity contribution in [1.82, 2.24) is 15.2 Å². The maximum absolute atomic E-state index is 14.6. The Morgan fingerprint density at radius 2 is 1.64 bits per heavy atom. The monoisotopic (exact) mass is 770 g/mol. The first kappa shape index (κ1) is 40.1. The van der Waals surface area contributed by atoms with E-state index in [-0.39, 0.29) is 49.6 Å². The molecule has 2 heterocycles. The van der Waals surface area contributed by atoms with E-state index >= 15 is 0 Å². The number of halogens is 1. The minimum atomic E-state index is -0.955. The molecule has 1 aliphatic carbocycles. The van der Waals surface area contributed by atoms with Gasteiger partial charge in [-0.15, -0.1) is 0 Å². The molecule has 11 nitrogen and oxygen atoms in total. The van der Waals surface area contributed by atoms with Crippen molar-refractivity contribution in [3.63, 3.8) is 0 Å². The molecule has 55 heavy (non-hydrogen) atoms. The smallest absolute Gasteiger partial charge is 0.408 e. The quantitative estimate of drug-likeness (QED) is 0.0769. The summed E-state index contributed by atoms with van der Waals surface area (Å²) in [6.07, 6.45) is 6.04. The summed E-state index contributed by atoms with van der Waals surface area (Å²) in [5, 5.41) is 3.48. The van der Waals surface area contributed by atoms with Crippen LogP contribution in [0.15, 0.2) is 83.3 Å². The normalized spacial score (nSPS) is 18.5. The number of aromatic nitrogens is 1. The maximum atomic E-state index is 14.6. The van der Waals surface area contributed by atoms with Crippen LogP contribution in [0.3, 0.4) is 0 Å². The third-order valence-electron chi connectivity index (χ3n) is 10.6. The fourth-order valence-corrected chi connectivity index (χ4v) is 7.70. The molecule has 3 N–H and O–H groups in total. The molecule has 3 aromatic carbocycles. The molecule has 2 amide bonds. The zero-order chi connectivity index (χ0) is 38.6. The van der Waals surface area contributed by atoms with Crippen LogP contribution < -0.4 is 11.1 Å². The summed E-state index contributed by atoms with van der Waals surface area (Å²) in [7, 11) is 0. The predicted molar refractivity (Wildman–Crippen MR) is 210 cm³/mol. The van der Waals surface area contributed by atoms with E-state index in [1.807, 2.05) is 48.5 Å². The van der Waals surface area contributed by atoms with Crippen molar-refractivity contribution in [3.05, 3.63) is 101 Å². The molecule has 4 atom stereocenters. The van der Waals surface area contributed by atoms with E-state index in [0.29, 0.717) is 54.8 Å². The van der Waals surface area contributed by atoms with E-state index in [9.17, 15) is 19.2 Å². The summed E-state index contributed by atoms with van der Waals surface area (Å²) < 4.78 is 17.9. The van der Waals surface area contributed by atoms with Crippen LogP contribution in [0.5, 0.6) is 0 Å². The summed E-state index contributed by atoms with van der Waals surface area (Å²) in [5.41, 5.74) is 8.74. The summed E-state index contributed by atoms with van der Waals surface area (Å²) >= 11 is 6.09. The van der Waals surface area contributed by atoms with Crippen molar-refractivity contribution < 1.29 is 33.1 Å². The van der Waals surface area contributed by atoms with Gasteiger partial charge < -0.3 is 29.8 Å². The van der Waals surface area contributed by atoms with Gasteiger partial charge in [-0.1, -0.05) is 79.0 Å². The van der Waals surface area contributed by atoms with E-state index in [2.05, 4.69) is 10.3 Å². The number of alkyl carbamates (subject to hydrolysis) is 1. The molecule has 6 rings (SSSR count). The van der Waals surface area contributed by atoms with E-state index in [0.717, 1.165) is 43.2 Å². The number of Topliss-reactive ketones (excluding diaryl/α,β-unsaturated/α-hetero) is 2. The molecule has 0 spiro atoms. The summed E-state index contributed by atoms with van der Waals surface area (Å²) in [5.74, 6) is -1.79. The van der Waals surface area contributed by atoms with Crippen molar-refractivity contribution in [2.45, 2.75) is 108 Å². The van der Waals surface area contributed by atoms with Gasteiger partial charge in [-0.3, -0.25) is 14.4 Å². The minimum Gasteiger partial charge on any atom is -0.446 e. The van der Waals surface area contributed by atoms with Crippen molar-refractivity contribution in [3.8, 4) is 0 Å². The van der Waals surface area contributed by atoms with Crippen molar-refractivity contribution in [2.24, 2.45) is 11.7 Å². The van der Waals surface area contributed by atoms with Gasteiger partial charge in [0.15, 0.2) is 11.4 Å². The predicted octanol–water partition coefficient (Wildman–Crippen LogP) is 7.61. The number of likely N-dealkylation sites (tertiary alicyclic amines) is 1. The number of ketones is 2. The number of hydrogen-bond acceptors (Lipinski definition) is 9. The summed E-state index contributed by atoms with van der Waals surface area (Å²) in [4.78, 5) is 62.3. The second-order valence-corrected chi connectivity index (χ2v) is 15.1. The topological polar surface area (TPSA) is 154 Å². The van der Waals surface area contributed by atoms with E-state index in [1.54, 1.807) is 30.3 Å². The fraction of sp³-hybridized carbons (Fsp3) is 0.465. The lowest BCUT2D eigenvalue weighted by Crippen LogP contribution is -2.52. The molecule has 0 radical (unpaired) electrons. The highest BCUT2D eigenvalue weighted by Crippen LogP contribution is 2.29. The number of para-hydroxylation sites is 2. The van der Waals surface area contributed by atoms with Crippen molar-refractivity contribution >= 4 is 46.3 Å². The van der Waals surface area contributed by atoms with Gasteiger partial charge in [-0.05, 0) is 93.3 Å². The zero-order valence-corrected chi connectivity index (χ0v) is 32.0. The number of amides is 2. The Hall–Kier alpha value is -4.58. The van der Waals surface area contributed by atoms with Crippen LogP contribution >= 0.6 is 11.6 Å². The van der Waals surface area contributed by atoms with Gasteiger partial charge in [0, 0.05) is 30.3 Å². The van der Waals surface area contributed by atoms with Crippen LogP contribution in [0, 0.1) is 5.92 Å². The summed E-state index contributed by atoms with van der Waals surface area (Å²) in [6.45, 7) is 0.850. The Morgan fingerprint density at radius 3 is 2.38 bits per heavy atom. The molecule has 0 unspecified atom stereocenters. The number of rotatable bonds is 18. The Labute approximate surface area is 327 Å². The van der Waals surface area contributed by atoms with Gasteiger partial charge in [0.2, 0.25) is 11.7 Å². The second-order valence-electron chi connectivity index (χ2n) is 14.7. The average Bonchev–Trinajstić information content (AvgIpc) is 3.84. The van der Waals surface area contributed by atoms with Crippen LogP contribution in [0.1, 0.15) is 92.4 Å². The highest BCUT2D eigenvalue weighted by molar-refractivity contribution is 6.30. The molecule has 12 heteroatoms. The number of carbonyl (C=O) groups excluding carboxylic acids is 4. The number of ether oxygens (including phenoxy) is 2. The number of benzene rings is 3. The van der Waals surface area contributed by atoms with Gasteiger partial charge in [0.1, 0.15) is 17.7 Å². The second kappa shape index (κ2) is 19.8. The lowest BCUT2D eigenvalue weighted by molar-refractivity contribution is -0.139. The van der Waals surface area contributed by atoms with Crippen LogP contribution in [0.25, 0.3) is 11.1 Å². The van der Waals surface area contributed by atoms with E-state index in [4.69, 9.17) is 31.2 Å². The third-order valence-corrected chi connectivity index (χ3v) is 10.9. The standard InChI is InChI=1S/C43H51ClN4O7/c44-32-21-18-30(19-22-32)28-53-34-26-37(38(49)25-31(13-9-10-24-45)40(50)41-46-35-16-7-8-17-39(35)55-41)48(27-34)42(51)36(23-20-29-11-3-1-4-12-29)47-43(52)54-33-14-5-2-6-15-33/h1,3-4,7-8,11-12,16-19,21-22,31,33-34,36-37H,2,5-6,9-10,13-15,20,23-28,45H2,(H,47,52)/t31-,34-,36-,37+/m1/s1. The molecule has 292 valence electrons. The van der Waals surface area contributed by atoms with Gasteiger partial charge in [-0.25, -0.2) is 9.78 Å². The lowest BCUT2D eigenvalue weighted by Gasteiger charge is -2.30. The number of unbranched alkanes of at least 4 members (excludes halogenated alkanes) is 1. The number of fused-ring (bicyclic) bond motifs is 1. The molecule has 1 aromatic heterocycles. The number of carbonyl (C=O) groups is 4. The number of oxazole rings is 1. The fourth-order valence-electron chi connectivity index (χ4n) is 7.58. The molecular weight excluding hydrogens is 720 g/mol. The number of hydrogen-bond donors (Lipinski definition) is 2. The van der Waals surface area contributed by atoms with E-state index < -0.39 is 36.1 Å². The Morgan fingerprint density at radius 1 is 0.891 bits per heavy atom. The molecule has 4 aromatic rings. The van der Waals surface area contributed by atoms with Gasteiger partial charge in [0.05, 0.1) is 18.8 Å². The number of aryl methyl sites for hydroxylation is 1. The van der Waals surface area contributed by atoms with E-state index in [1.165, 1.54) is 4.90 Å². The lowest BCUT2D eigenvalue weighted by atomic mass is 9.89. The molecule has 2 aliphatic rings. The molecule has 1 aliphatic heterocycles. The van der Waals surface area contributed by atoms with Crippen LogP contribution in [0.4, 0.5) is 4.79 Å². The maximum Gasteiger partial charge on any atom is 0.408 e. The van der Waals surface area contributed by atoms with Gasteiger partial charge in [0.25, 0.3) is 5.89 Å². The first-order chi connectivity index (χ1) is 26.8. The van der Waals surface area contributed by atoms with Gasteiger partial charge in [-0.2, -0.15) is 0 Å². The average molecular weight is 771 g/mol. The van der Waals surface area contributed by atoms with Crippen LogP contribution in [0.2, 0.25) is 5.02 Å². The Balaban J connectivity index is 1.23. The Kier molecular flexibility index (Phi) is 14.5. The van der Waals surface area contributed by atoms with Crippen molar-refractivity contribution in [1.29, 1.82) is 0 Å². The molecular formula is C43H51ClN4O7. The zero-order valence-electron chi connectivity index (χ0n) is 31.2. The molecule has 1 saturated heterocycles. The van der Waals surface area contributed by atoms with Crippen LogP contribution in [-0.2, 0) is 32.1 Å². The highest BCUT2D eigenvalue weighted by atomic mass is 35.5. The molecule has 0 bridgehead atoms. The van der Waals surface area contributed by atoms with Gasteiger partial charge >= 0.3 is 6.09 Å². The van der Waals surface area contributed by atoms with Crippen molar-refractivity contribution in [2.75, 3.05) is 13.1 Å². The number of nitrogens with one attached hydrogen (secondary N) is 1. The highest BCUT2D eigenvalue weighted by Gasteiger charge is 2.43. The number of nitrogens with two attached hydrogens (primary N) is 1. The minimum absolute atomic E-state index is 0.0445. The summed E-state index contributed by atoms with van der Waals surface area (Å²) in [6, 6.07) is 22.3. The third kappa shape index (κ3) is 11.2. The SMILES string of the molecule is NCCCC[C@H](CC(=O)[C@@H]1C[C@@H](OCc2ccc(Cl)cc2)CN1C(=O)[C@@H](CCc1ccccc1)NC(=O)OC1CCCCC1)C(=O)c1nc2ccccc2o1.